The minimum Gasteiger partial charge on any atom is -0.326 e. The second kappa shape index (κ2) is 7.10. The van der Waals surface area contributed by atoms with Crippen molar-refractivity contribution in [3.05, 3.63) is 57.5 Å². The molecule has 3 nitrogen and oxygen atoms in total. The summed E-state index contributed by atoms with van der Waals surface area (Å²) >= 11 is 0. The first-order valence-electron chi connectivity index (χ1n) is 6.60. The third-order valence-corrected chi connectivity index (χ3v) is 3.21. The molecule has 1 N–H and O–H groups in total. The Morgan fingerprint density at radius 2 is 2.16 bits per heavy atom. The van der Waals surface area contributed by atoms with Crippen LogP contribution in [0, 0.1) is 13.8 Å². The van der Waals surface area contributed by atoms with Crippen LogP contribution in [0.2, 0.25) is 0 Å². The van der Waals surface area contributed by atoms with Crippen molar-refractivity contribution in [3.8, 4) is 0 Å². The van der Waals surface area contributed by atoms with Crippen molar-refractivity contribution in [2.75, 3.05) is 13.6 Å². The predicted octanol–water partition coefficient (Wildman–Crippen LogP) is 2.95. The molecule has 0 saturated heterocycles. The Bertz CT molecular complexity index is 526. The molecule has 1 aromatic rings. The highest BCUT2D eigenvalue weighted by atomic mass is 16.1. The summed E-state index contributed by atoms with van der Waals surface area (Å²) in [6.07, 6.45) is 4.83. The topological polar surface area (TPSA) is 36.1 Å². The smallest absolute Gasteiger partial charge is 0.252 e. The zero-order valence-electron chi connectivity index (χ0n) is 12.4. The van der Waals surface area contributed by atoms with Gasteiger partial charge in [0, 0.05) is 24.3 Å². The van der Waals surface area contributed by atoms with Crippen molar-refractivity contribution in [1.29, 1.82) is 0 Å². The fourth-order valence-electron chi connectivity index (χ4n) is 2.08. The first-order valence-corrected chi connectivity index (χ1v) is 6.60. The van der Waals surface area contributed by atoms with Gasteiger partial charge in [-0.15, -0.1) is 0 Å². The van der Waals surface area contributed by atoms with Crippen molar-refractivity contribution < 1.29 is 0 Å². The van der Waals surface area contributed by atoms with Crippen LogP contribution in [0.5, 0.6) is 0 Å². The van der Waals surface area contributed by atoms with Gasteiger partial charge in [-0.3, -0.25) is 4.79 Å². The van der Waals surface area contributed by atoms with Gasteiger partial charge in [-0.2, -0.15) is 0 Å². The van der Waals surface area contributed by atoms with Gasteiger partial charge >= 0.3 is 0 Å². The van der Waals surface area contributed by atoms with Crippen LogP contribution in [0.1, 0.15) is 30.2 Å². The highest BCUT2D eigenvalue weighted by Gasteiger charge is 2.08. The third-order valence-electron chi connectivity index (χ3n) is 3.21. The number of aromatic nitrogens is 1. The molecule has 0 aliphatic heterocycles. The summed E-state index contributed by atoms with van der Waals surface area (Å²) in [5.74, 6) is 0. The molecule has 3 heteroatoms. The molecule has 0 saturated carbocycles. The lowest BCUT2D eigenvalue weighted by Crippen LogP contribution is -2.26. The zero-order chi connectivity index (χ0) is 14.4. The van der Waals surface area contributed by atoms with Crippen molar-refractivity contribution in [1.82, 2.24) is 9.88 Å². The molecular weight excluding hydrogens is 236 g/mol. The molecule has 0 spiro atoms. The van der Waals surface area contributed by atoms with Gasteiger partial charge < -0.3 is 9.88 Å². The van der Waals surface area contributed by atoms with Gasteiger partial charge in [-0.25, -0.2) is 0 Å². The second-order valence-corrected chi connectivity index (χ2v) is 5.18. The van der Waals surface area contributed by atoms with E-state index >= 15 is 0 Å². The number of aromatic amines is 1. The van der Waals surface area contributed by atoms with E-state index < -0.39 is 0 Å². The number of aryl methyl sites for hydroxylation is 2. The fraction of sp³-hybridized carbons (Fsp3) is 0.438. The summed E-state index contributed by atoms with van der Waals surface area (Å²) in [4.78, 5) is 17.0. The number of allylic oxidation sites excluding steroid dienone is 2. The summed E-state index contributed by atoms with van der Waals surface area (Å²) in [5, 5.41) is 0. The van der Waals surface area contributed by atoms with E-state index in [0.29, 0.717) is 6.54 Å². The maximum Gasteiger partial charge on any atom is 0.252 e. The number of pyridine rings is 1. The van der Waals surface area contributed by atoms with Crippen LogP contribution in [0.15, 0.2) is 35.2 Å². The molecule has 0 bridgehead atoms. The van der Waals surface area contributed by atoms with Crippen molar-refractivity contribution in [2.45, 2.75) is 33.7 Å². The number of rotatable bonds is 6. The Morgan fingerprint density at radius 3 is 2.74 bits per heavy atom. The molecule has 1 aromatic heterocycles. The number of nitrogens with one attached hydrogen (secondary N) is 1. The maximum absolute atomic E-state index is 11.9. The van der Waals surface area contributed by atoms with Crippen LogP contribution in [-0.2, 0) is 6.54 Å². The molecular formula is C16H24N2O. The fourth-order valence-corrected chi connectivity index (χ4v) is 2.08. The van der Waals surface area contributed by atoms with Crippen LogP contribution >= 0.6 is 0 Å². The summed E-state index contributed by atoms with van der Waals surface area (Å²) < 4.78 is 0. The summed E-state index contributed by atoms with van der Waals surface area (Å²) in [7, 11) is 2.04. The summed E-state index contributed by atoms with van der Waals surface area (Å²) in [5.41, 5.74) is 4.17. The maximum atomic E-state index is 11.9. The van der Waals surface area contributed by atoms with Crippen molar-refractivity contribution in [3.63, 3.8) is 0 Å². The number of H-pyrrole nitrogens is 1. The van der Waals surface area contributed by atoms with Gasteiger partial charge in [-0.1, -0.05) is 24.3 Å². The van der Waals surface area contributed by atoms with Crippen molar-refractivity contribution in [2.24, 2.45) is 0 Å². The Hall–Kier alpha value is -1.61. The van der Waals surface area contributed by atoms with E-state index in [9.17, 15) is 4.79 Å². The lowest BCUT2D eigenvalue weighted by atomic mass is 10.1. The molecule has 0 radical (unpaired) electrons. The Kier molecular flexibility index (Phi) is 5.77. The Labute approximate surface area is 115 Å². The van der Waals surface area contributed by atoms with Gasteiger partial charge in [-0.05, 0) is 45.9 Å². The number of hydrogen-bond donors (Lipinski definition) is 1. The first kappa shape index (κ1) is 15.4. The van der Waals surface area contributed by atoms with Gasteiger partial charge in [0.2, 0.25) is 0 Å². The average molecular weight is 260 g/mol. The minimum atomic E-state index is 0.0303. The van der Waals surface area contributed by atoms with E-state index in [1.807, 2.05) is 39.1 Å². The van der Waals surface area contributed by atoms with E-state index in [0.717, 1.165) is 29.8 Å². The highest BCUT2D eigenvalue weighted by molar-refractivity contribution is 5.24. The largest absolute Gasteiger partial charge is 0.326 e. The summed E-state index contributed by atoms with van der Waals surface area (Å²) in [6.45, 7) is 11.3. The van der Waals surface area contributed by atoms with Crippen LogP contribution in [-0.4, -0.2) is 23.5 Å². The van der Waals surface area contributed by atoms with E-state index in [2.05, 4.69) is 23.4 Å². The van der Waals surface area contributed by atoms with Gasteiger partial charge in [0.15, 0.2) is 0 Å². The molecule has 1 heterocycles. The average Bonchev–Trinajstić information content (AvgIpc) is 2.31. The normalized spacial score (nSPS) is 11.9. The van der Waals surface area contributed by atoms with E-state index in [1.165, 1.54) is 5.57 Å². The standard InChI is InChI=1S/C16H24N2O/c1-6-7-12(2)8-9-18(5)11-15-13(3)10-14(4)17-16(15)19/h6-7,10H,1,8-9,11H2,2-5H3,(H,17,19)/b12-7+. The first-order chi connectivity index (χ1) is 8.93. The van der Waals surface area contributed by atoms with Crippen LogP contribution in [0.4, 0.5) is 0 Å². The molecule has 0 atom stereocenters. The highest BCUT2D eigenvalue weighted by Crippen LogP contribution is 2.08. The molecule has 104 valence electrons. The monoisotopic (exact) mass is 260 g/mol. The number of hydrogen-bond acceptors (Lipinski definition) is 2. The van der Waals surface area contributed by atoms with Gasteiger partial charge in [0.1, 0.15) is 0 Å². The van der Waals surface area contributed by atoms with E-state index in [1.54, 1.807) is 0 Å². The minimum absolute atomic E-state index is 0.0303. The molecule has 0 amide bonds. The third kappa shape index (κ3) is 4.87. The molecule has 0 fully saturated rings. The number of nitrogens with zero attached hydrogens (tertiary/aromatic N) is 1. The molecule has 1 rings (SSSR count). The molecule has 19 heavy (non-hydrogen) atoms. The van der Waals surface area contributed by atoms with Crippen LogP contribution in [0.25, 0.3) is 0 Å². The molecule has 0 aromatic carbocycles. The second-order valence-electron chi connectivity index (χ2n) is 5.18. The zero-order valence-corrected chi connectivity index (χ0v) is 12.4. The van der Waals surface area contributed by atoms with E-state index in [-0.39, 0.29) is 5.56 Å². The lowest BCUT2D eigenvalue weighted by molar-refractivity contribution is 0.328. The SMILES string of the molecule is C=C/C=C(\C)CCN(C)Cc1c(C)cc(C)[nH]c1=O. The summed E-state index contributed by atoms with van der Waals surface area (Å²) in [6, 6.07) is 2.02. The van der Waals surface area contributed by atoms with Gasteiger partial charge in [0.05, 0.1) is 0 Å². The molecule has 0 aliphatic carbocycles. The molecule has 0 aliphatic rings. The quantitative estimate of drug-likeness (QED) is 0.798. The Morgan fingerprint density at radius 1 is 1.47 bits per heavy atom. The lowest BCUT2D eigenvalue weighted by Gasteiger charge is -2.17. The predicted molar refractivity (Wildman–Crippen MR) is 81.4 cm³/mol. The van der Waals surface area contributed by atoms with Crippen LogP contribution < -0.4 is 5.56 Å². The van der Waals surface area contributed by atoms with E-state index in [4.69, 9.17) is 0 Å². The molecule has 0 unspecified atom stereocenters. The van der Waals surface area contributed by atoms with Crippen molar-refractivity contribution >= 4 is 0 Å². The van der Waals surface area contributed by atoms with Gasteiger partial charge in [0.25, 0.3) is 5.56 Å². The van der Waals surface area contributed by atoms with Crippen LogP contribution in [0.3, 0.4) is 0 Å². The Balaban J connectivity index is 2.67.